The first kappa shape index (κ1) is 91.1. The number of carbonyl (C=O) groups is 4. The standard InChI is InChI=1S/C74H144O17P2/c1-7-9-11-13-15-17-18-19-20-21-22-26-29-32-39-45-51-57-72(77)85-63-70(90-73(78)58-52-46-40-33-30-27-24-23-25-28-31-36-42-48-54-66(3)4)65-89-93(82,83)87-61-68(75)60-86-92(80,81)88-64-69(62-84-71(76)56-50-44-38-16-14-12-10-8-2)91-74(79)59-53-47-41-35-34-37-43-49-55-67(5)6/h66-70,75H,7-65H2,1-6H3,(H,80,81)(H,82,83)/t68-,69+,70+/m0/s1. The molecule has 0 heterocycles. The Morgan fingerprint density at radius 3 is 0.731 bits per heavy atom. The molecule has 5 atom stereocenters. The summed E-state index contributed by atoms with van der Waals surface area (Å²) in [6.07, 6.45) is 52.8. The van der Waals surface area contributed by atoms with E-state index in [2.05, 4.69) is 41.5 Å². The van der Waals surface area contributed by atoms with Gasteiger partial charge in [0.05, 0.1) is 26.4 Å². The summed E-state index contributed by atoms with van der Waals surface area (Å²) in [5.74, 6) is -0.608. The van der Waals surface area contributed by atoms with Gasteiger partial charge in [0.15, 0.2) is 12.2 Å². The van der Waals surface area contributed by atoms with Gasteiger partial charge in [-0.05, 0) is 37.5 Å². The molecule has 0 saturated carbocycles. The third-order valence-corrected chi connectivity index (χ3v) is 19.1. The number of esters is 4. The summed E-state index contributed by atoms with van der Waals surface area (Å²) in [4.78, 5) is 72.6. The van der Waals surface area contributed by atoms with Gasteiger partial charge in [0.2, 0.25) is 0 Å². The van der Waals surface area contributed by atoms with E-state index in [9.17, 15) is 43.2 Å². The summed E-state index contributed by atoms with van der Waals surface area (Å²) >= 11 is 0. The number of aliphatic hydroxyl groups is 1. The van der Waals surface area contributed by atoms with Crippen LogP contribution >= 0.6 is 15.6 Å². The van der Waals surface area contributed by atoms with Crippen molar-refractivity contribution in [3.05, 3.63) is 0 Å². The van der Waals surface area contributed by atoms with E-state index < -0.39 is 97.5 Å². The normalized spacial score (nSPS) is 14.1. The Labute approximate surface area is 568 Å². The summed E-state index contributed by atoms with van der Waals surface area (Å²) < 4.78 is 68.4. The molecule has 0 amide bonds. The summed E-state index contributed by atoms with van der Waals surface area (Å²) in [5, 5.41) is 10.6. The Bertz CT molecular complexity index is 1800. The molecule has 2 unspecified atom stereocenters. The highest BCUT2D eigenvalue weighted by molar-refractivity contribution is 7.47. The summed E-state index contributed by atoms with van der Waals surface area (Å²) in [6.45, 7) is 9.54. The van der Waals surface area contributed by atoms with Crippen molar-refractivity contribution in [2.75, 3.05) is 39.6 Å². The fourth-order valence-corrected chi connectivity index (χ4v) is 12.9. The molecule has 0 radical (unpaired) electrons. The second kappa shape index (κ2) is 66.0. The summed E-state index contributed by atoms with van der Waals surface area (Å²) in [6, 6.07) is 0. The first-order valence-electron chi connectivity index (χ1n) is 38.5. The third-order valence-electron chi connectivity index (χ3n) is 17.2. The van der Waals surface area contributed by atoms with Crippen molar-refractivity contribution < 1.29 is 80.2 Å². The van der Waals surface area contributed by atoms with Crippen molar-refractivity contribution in [1.82, 2.24) is 0 Å². The SMILES string of the molecule is CCCCCCCCCCCCCCCCCCCC(=O)OC[C@H](COP(=O)(O)OC[C@@H](O)COP(=O)(O)OC[C@@H](COC(=O)CCCCCCCCCC)OC(=O)CCCCCCCCCCC(C)C)OC(=O)CCCCCCCCCCCCCCCCC(C)C. The third kappa shape index (κ3) is 68.4. The van der Waals surface area contributed by atoms with Crippen LogP contribution in [-0.4, -0.2) is 96.7 Å². The quantitative estimate of drug-likeness (QED) is 0.0222. The highest BCUT2D eigenvalue weighted by Crippen LogP contribution is 2.45. The van der Waals surface area contributed by atoms with E-state index in [1.54, 1.807) is 0 Å². The molecular weight excluding hydrogens is 1220 g/mol. The van der Waals surface area contributed by atoms with Gasteiger partial charge in [0.1, 0.15) is 19.3 Å². The second-order valence-electron chi connectivity index (χ2n) is 27.6. The van der Waals surface area contributed by atoms with Crippen LogP contribution < -0.4 is 0 Å². The van der Waals surface area contributed by atoms with E-state index >= 15 is 0 Å². The molecule has 0 aliphatic heterocycles. The van der Waals surface area contributed by atoms with E-state index in [0.717, 1.165) is 108 Å². The van der Waals surface area contributed by atoms with Gasteiger partial charge < -0.3 is 33.8 Å². The van der Waals surface area contributed by atoms with Crippen LogP contribution in [0.15, 0.2) is 0 Å². The molecule has 0 fully saturated rings. The van der Waals surface area contributed by atoms with Crippen LogP contribution in [0, 0.1) is 11.8 Å². The second-order valence-corrected chi connectivity index (χ2v) is 30.5. The lowest BCUT2D eigenvalue weighted by Gasteiger charge is -2.21. The predicted molar refractivity (Wildman–Crippen MR) is 377 cm³/mol. The molecular formula is C74H144O17P2. The van der Waals surface area contributed by atoms with Crippen molar-refractivity contribution in [2.45, 2.75) is 400 Å². The number of hydrogen-bond donors (Lipinski definition) is 3. The molecule has 552 valence electrons. The molecule has 0 aliphatic carbocycles. The molecule has 0 aromatic rings. The molecule has 0 spiro atoms. The minimum atomic E-state index is -4.96. The molecule has 3 N–H and O–H groups in total. The van der Waals surface area contributed by atoms with E-state index in [1.807, 2.05) is 0 Å². The molecule has 93 heavy (non-hydrogen) atoms. The van der Waals surface area contributed by atoms with Crippen molar-refractivity contribution in [2.24, 2.45) is 11.8 Å². The topological polar surface area (TPSA) is 237 Å². The number of phosphoric ester groups is 2. The van der Waals surface area contributed by atoms with Gasteiger partial charge >= 0.3 is 39.5 Å². The molecule has 0 bridgehead atoms. The maximum atomic E-state index is 13.1. The zero-order chi connectivity index (χ0) is 68.6. The van der Waals surface area contributed by atoms with Gasteiger partial charge in [-0.2, -0.15) is 0 Å². The molecule has 19 heteroatoms. The number of aliphatic hydroxyl groups excluding tert-OH is 1. The Balaban J connectivity index is 5.21. The first-order chi connectivity index (χ1) is 44.9. The highest BCUT2D eigenvalue weighted by Gasteiger charge is 2.30. The van der Waals surface area contributed by atoms with E-state index in [4.69, 9.17) is 37.0 Å². The van der Waals surface area contributed by atoms with Crippen molar-refractivity contribution in [3.8, 4) is 0 Å². The van der Waals surface area contributed by atoms with Crippen LogP contribution in [0.25, 0.3) is 0 Å². The van der Waals surface area contributed by atoms with Crippen LogP contribution in [0.2, 0.25) is 0 Å². The average Bonchev–Trinajstić information content (AvgIpc) is 2.37. The summed E-state index contributed by atoms with van der Waals surface area (Å²) in [5.41, 5.74) is 0. The number of carbonyl (C=O) groups excluding carboxylic acids is 4. The van der Waals surface area contributed by atoms with Crippen LogP contribution in [0.1, 0.15) is 382 Å². The van der Waals surface area contributed by atoms with E-state index in [0.29, 0.717) is 25.7 Å². The van der Waals surface area contributed by atoms with Crippen LogP contribution in [0.3, 0.4) is 0 Å². The largest absolute Gasteiger partial charge is 0.472 e. The number of rotatable bonds is 73. The molecule has 0 aromatic heterocycles. The molecule has 0 aromatic carbocycles. The highest BCUT2D eigenvalue weighted by atomic mass is 31.2. The smallest absolute Gasteiger partial charge is 0.462 e. The Hall–Kier alpha value is -1.94. The van der Waals surface area contributed by atoms with E-state index in [-0.39, 0.29) is 25.7 Å². The average molecular weight is 1370 g/mol. The Morgan fingerprint density at radius 2 is 0.495 bits per heavy atom. The Morgan fingerprint density at radius 1 is 0.290 bits per heavy atom. The van der Waals surface area contributed by atoms with Crippen LogP contribution in [0.4, 0.5) is 0 Å². The maximum absolute atomic E-state index is 13.1. The molecule has 0 aliphatic rings. The number of hydrogen-bond acceptors (Lipinski definition) is 15. The van der Waals surface area contributed by atoms with Crippen molar-refractivity contribution in [1.29, 1.82) is 0 Å². The number of phosphoric acid groups is 2. The van der Waals surface area contributed by atoms with Gasteiger partial charge in [-0.25, -0.2) is 9.13 Å². The fraction of sp³-hybridized carbons (Fsp3) is 0.946. The predicted octanol–water partition coefficient (Wildman–Crippen LogP) is 21.6. The van der Waals surface area contributed by atoms with Crippen LogP contribution in [0.5, 0.6) is 0 Å². The van der Waals surface area contributed by atoms with E-state index in [1.165, 1.54) is 193 Å². The van der Waals surface area contributed by atoms with Gasteiger partial charge in [0.25, 0.3) is 0 Å². The summed E-state index contributed by atoms with van der Waals surface area (Å²) in [7, 11) is -9.90. The molecule has 0 rings (SSSR count). The lowest BCUT2D eigenvalue weighted by atomic mass is 10.0. The fourth-order valence-electron chi connectivity index (χ4n) is 11.3. The maximum Gasteiger partial charge on any atom is 0.472 e. The van der Waals surface area contributed by atoms with Gasteiger partial charge in [-0.15, -0.1) is 0 Å². The lowest BCUT2D eigenvalue weighted by molar-refractivity contribution is -0.161. The van der Waals surface area contributed by atoms with Crippen molar-refractivity contribution in [3.63, 3.8) is 0 Å². The number of unbranched alkanes of at least 4 members (excludes halogenated alkanes) is 43. The lowest BCUT2D eigenvalue weighted by Crippen LogP contribution is -2.30. The first-order valence-corrected chi connectivity index (χ1v) is 41.5. The number of ether oxygens (including phenoxy) is 4. The zero-order valence-electron chi connectivity index (χ0n) is 60.6. The van der Waals surface area contributed by atoms with Gasteiger partial charge in [-0.1, -0.05) is 330 Å². The minimum Gasteiger partial charge on any atom is -0.462 e. The molecule has 17 nitrogen and oxygen atoms in total. The monoisotopic (exact) mass is 1370 g/mol. The Kier molecular flexibility index (Phi) is 64.6. The van der Waals surface area contributed by atoms with Gasteiger partial charge in [0, 0.05) is 25.7 Å². The van der Waals surface area contributed by atoms with Crippen LogP contribution in [-0.2, 0) is 65.4 Å². The van der Waals surface area contributed by atoms with Gasteiger partial charge in [-0.3, -0.25) is 37.3 Å². The van der Waals surface area contributed by atoms with Crippen molar-refractivity contribution >= 4 is 39.5 Å². The molecule has 0 saturated heterocycles. The zero-order valence-corrected chi connectivity index (χ0v) is 62.3. The minimum absolute atomic E-state index is 0.104.